The standard InChI is InChI=1S/C20H34N4O/c1-3-22-20(23-13-11-18-10-12-21-16-17(18)2)24-14-15-25-19-8-6-4-5-7-9-19/h10,12,16,19H,3-9,11,13-15H2,1-2H3,(H2,22,23,24). The average Bonchev–Trinajstić information content (AvgIpc) is 2.89. The molecule has 25 heavy (non-hydrogen) atoms. The fourth-order valence-electron chi connectivity index (χ4n) is 3.23. The summed E-state index contributed by atoms with van der Waals surface area (Å²) in [5, 5.41) is 6.71. The van der Waals surface area contributed by atoms with E-state index in [4.69, 9.17) is 4.74 Å². The minimum absolute atomic E-state index is 0.447. The molecular weight excluding hydrogens is 312 g/mol. The molecule has 2 N–H and O–H groups in total. The molecule has 1 heterocycles. The van der Waals surface area contributed by atoms with E-state index in [2.05, 4.69) is 40.5 Å². The van der Waals surface area contributed by atoms with E-state index in [1.807, 2.05) is 12.4 Å². The van der Waals surface area contributed by atoms with Gasteiger partial charge in [0.15, 0.2) is 5.96 Å². The summed E-state index contributed by atoms with van der Waals surface area (Å²) in [6.07, 6.45) is 13.0. The van der Waals surface area contributed by atoms with Crippen molar-refractivity contribution >= 4 is 5.96 Å². The maximum atomic E-state index is 6.01. The van der Waals surface area contributed by atoms with Gasteiger partial charge in [-0.25, -0.2) is 0 Å². The highest BCUT2D eigenvalue weighted by Crippen LogP contribution is 2.19. The molecule has 0 unspecified atom stereocenters. The summed E-state index contributed by atoms with van der Waals surface area (Å²) >= 11 is 0. The van der Waals surface area contributed by atoms with Crippen molar-refractivity contribution in [1.29, 1.82) is 0 Å². The van der Waals surface area contributed by atoms with Crippen LogP contribution in [0.15, 0.2) is 23.5 Å². The summed E-state index contributed by atoms with van der Waals surface area (Å²) in [5.41, 5.74) is 2.57. The molecule has 1 saturated carbocycles. The number of ether oxygens (including phenoxy) is 1. The third-order valence-electron chi connectivity index (χ3n) is 4.68. The van der Waals surface area contributed by atoms with Crippen molar-refractivity contribution in [2.24, 2.45) is 4.99 Å². The molecule has 2 rings (SSSR count). The highest BCUT2D eigenvalue weighted by Gasteiger charge is 2.11. The zero-order chi connectivity index (χ0) is 17.7. The second-order valence-corrected chi connectivity index (χ2v) is 6.72. The number of guanidine groups is 1. The monoisotopic (exact) mass is 346 g/mol. The van der Waals surface area contributed by atoms with Gasteiger partial charge in [0, 0.05) is 25.5 Å². The van der Waals surface area contributed by atoms with Crippen LogP contribution in [0.2, 0.25) is 0 Å². The van der Waals surface area contributed by atoms with Crippen LogP contribution in [0.5, 0.6) is 0 Å². The first-order valence-corrected chi connectivity index (χ1v) is 9.83. The second-order valence-electron chi connectivity index (χ2n) is 6.72. The lowest BCUT2D eigenvalue weighted by Crippen LogP contribution is -2.38. The predicted octanol–water partition coefficient (Wildman–Crippen LogP) is 3.23. The van der Waals surface area contributed by atoms with Crippen molar-refractivity contribution < 1.29 is 4.74 Å². The van der Waals surface area contributed by atoms with Crippen LogP contribution < -0.4 is 10.6 Å². The third kappa shape index (κ3) is 7.86. The zero-order valence-electron chi connectivity index (χ0n) is 15.9. The largest absolute Gasteiger partial charge is 0.376 e. The van der Waals surface area contributed by atoms with Crippen molar-refractivity contribution in [2.75, 3.05) is 26.2 Å². The smallest absolute Gasteiger partial charge is 0.191 e. The first-order valence-electron chi connectivity index (χ1n) is 9.83. The summed E-state index contributed by atoms with van der Waals surface area (Å²) in [6.45, 7) is 7.34. The molecule has 0 aliphatic heterocycles. The first-order chi connectivity index (χ1) is 12.3. The maximum Gasteiger partial charge on any atom is 0.191 e. The van der Waals surface area contributed by atoms with Gasteiger partial charge in [-0.3, -0.25) is 9.98 Å². The molecule has 0 spiro atoms. The van der Waals surface area contributed by atoms with Crippen molar-refractivity contribution in [1.82, 2.24) is 15.6 Å². The van der Waals surface area contributed by atoms with E-state index in [1.54, 1.807) is 0 Å². The van der Waals surface area contributed by atoms with Gasteiger partial charge in [-0.15, -0.1) is 0 Å². The highest BCUT2D eigenvalue weighted by molar-refractivity contribution is 5.79. The molecule has 1 aliphatic carbocycles. The fraction of sp³-hybridized carbons (Fsp3) is 0.700. The van der Waals surface area contributed by atoms with Crippen LogP contribution in [0.25, 0.3) is 0 Å². The van der Waals surface area contributed by atoms with Gasteiger partial charge in [-0.2, -0.15) is 0 Å². The van der Waals surface area contributed by atoms with Crippen molar-refractivity contribution in [3.63, 3.8) is 0 Å². The normalized spacial score (nSPS) is 16.5. The molecule has 5 nitrogen and oxygen atoms in total. The Bertz CT molecular complexity index is 510. The topological polar surface area (TPSA) is 58.5 Å². The molecule has 140 valence electrons. The van der Waals surface area contributed by atoms with Gasteiger partial charge in [-0.05, 0) is 50.3 Å². The maximum absolute atomic E-state index is 6.01. The number of hydrogen-bond acceptors (Lipinski definition) is 3. The Hall–Kier alpha value is -1.62. The van der Waals surface area contributed by atoms with E-state index in [0.29, 0.717) is 19.3 Å². The van der Waals surface area contributed by atoms with Gasteiger partial charge in [0.25, 0.3) is 0 Å². The molecule has 1 aromatic rings. The third-order valence-corrected chi connectivity index (χ3v) is 4.68. The van der Waals surface area contributed by atoms with E-state index in [9.17, 15) is 0 Å². The summed E-state index contributed by atoms with van der Waals surface area (Å²) in [5.74, 6) is 0.874. The zero-order valence-corrected chi connectivity index (χ0v) is 15.9. The summed E-state index contributed by atoms with van der Waals surface area (Å²) in [4.78, 5) is 8.77. The highest BCUT2D eigenvalue weighted by atomic mass is 16.5. The van der Waals surface area contributed by atoms with Crippen LogP contribution in [0, 0.1) is 6.92 Å². The van der Waals surface area contributed by atoms with Crippen molar-refractivity contribution in [2.45, 2.75) is 64.9 Å². The minimum Gasteiger partial charge on any atom is -0.376 e. The molecule has 5 heteroatoms. The molecule has 0 bridgehead atoms. The molecule has 0 atom stereocenters. The Labute approximate surface area is 152 Å². The van der Waals surface area contributed by atoms with Crippen LogP contribution in [-0.4, -0.2) is 43.3 Å². The van der Waals surface area contributed by atoms with E-state index < -0.39 is 0 Å². The Balaban J connectivity index is 1.69. The summed E-state index contributed by atoms with van der Waals surface area (Å²) in [6, 6.07) is 2.08. The molecule has 0 radical (unpaired) electrons. The summed E-state index contributed by atoms with van der Waals surface area (Å²) < 4.78 is 6.01. The number of aromatic nitrogens is 1. The molecule has 1 fully saturated rings. The Morgan fingerprint density at radius 1 is 1.24 bits per heavy atom. The van der Waals surface area contributed by atoms with Crippen LogP contribution in [0.4, 0.5) is 0 Å². The number of pyridine rings is 1. The Kier molecular flexibility index (Phi) is 9.34. The number of aliphatic imine (C=N–C) groups is 1. The van der Waals surface area contributed by atoms with Crippen molar-refractivity contribution in [3.8, 4) is 0 Å². The second kappa shape index (κ2) is 11.9. The Morgan fingerprint density at radius 2 is 2.04 bits per heavy atom. The van der Waals surface area contributed by atoms with Gasteiger partial charge in [0.1, 0.15) is 0 Å². The van der Waals surface area contributed by atoms with E-state index in [1.165, 1.54) is 49.7 Å². The van der Waals surface area contributed by atoms with E-state index >= 15 is 0 Å². The fourth-order valence-corrected chi connectivity index (χ4v) is 3.23. The molecular formula is C20H34N4O. The number of nitrogens with zero attached hydrogens (tertiary/aromatic N) is 2. The first kappa shape index (κ1) is 19.7. The lowest BCUT2D eigenvalue weighted by Gasteiger charge is -2.15. The average molecular weight is 347 g/mol. The number of hydrogen-bond donors (Lipinski definition) is 2. The van der Waals surface area contributed by atoms with Gasteiger partial charge < -0.3 is 15.4 Å². The quantitative estimate of drug-likeness (QED) is 0.328. The molecule has 0 amide bonds. The number of aryl methyl sites for hydroxylation is 1. The van der Waals surface area contributed by atoms with Crippen LogP contribution in [0.3, 0.4) is 0 Å². The van der Waals surface area contributed by atoms with Crippen LogP contribution in [-0.2, 0) is 11.2 Å². The number of nitrogens with one attached hydrogen (secondary N) is 2. The van der Waals surface area contributed by atoms with Gasteiger partial charge in [-0.1, -0.05) is 25.7 Å². The van der Waals surface area contributed by atoms with Crippen LogP contribution >= 0.6 is 0 Å². The number of rotatable bonds is 8. The van der Waals surface area contributed by atoms with Gasteiger partial charge in [0.05, 0.1) is 19.3 Å². The molecule has 0 saturated heterocycles. The van der Waals surface area contributed by atoms with Crippen molar-refractivity contribution in [3.05, 3.63) is 29.6 Å². The molecule has 0 aromatic carbocycles. The van der Waals surface area contributed by atoms with Gasteiger partial charge >= 0.3 is 0 Å². The van der Waals surface area contributed by atoms with Crippen LogP contribution in [0.1, 0.15) is 56.6 Å². The van der Waals surface area contributed by atoms with Gasteiger partial charge in [0.2, 0.25) is 0 Å². The Morgan fingerprint density at radius 3 is 2.76 bits per heavy atom. The lowest BCUT2D eigenvalue weighted by molar-refractivity contribution is 0.0487. The summed E-state index contributed by atoms with van der Waals surface area (Å²) in [7, 11) is 0. The van der Waals surface area contributed by atoms with E-state index in [-0.39, 0.29) is 0 Å². The molecule has 1 aliphatic rings. The lowest BCUT2D eigenvalue weighted by atomic mass is 10.1. The molecule has 1 aromatic heterocycles. The SMILES string of the molecule is CCNC(=NCCOC1CCCCCC1)NCCc1ccncc1C. The van der Waals surface area contributed by atoms with E-state index in [0.717, 1.165) is 25.5 Å². The predicted molar refractivity (Wildman–Crippen MR) is 104 cm³/mol. The minimum atomic E-state index is 0.447.